The van der Waals surface area contributed by atoms with Crippen LogP contribution in [0.15, 0.2) is 35.5 Å². The number of carbonyl (C=O) groups excluding carboxylic acids is 2. The predicted molar refractivity (Wildman–Crippen MR) is 87.8 cm³/mol. The predicted octanol–water partition coefficient (Wildman–Crippen LogP) is 3.55. The van der Waals surface area contributed by atoms with Gasteiger partial charge in [0.2, 0.25) is 0 Å². The van der Waals surface area contributed by atoms with Crippen molar-refractivity contribution in [1.82, 2.24) is 0 Å². The van der Waals surface area contributed by atoms with Crippen LogP contribution in [-0.4, -0.2) is 22.8 Å². The van der Waals surface area contributed by atoms with E-state index < -0.39 is 16.6 Å². The molecule has 4 aliphatic rings. The number of hydrogen-bond acceptors (Lipinski definition) is 3. The second-order valence-corrected chi connectivity index (χ2v) is 8.26. The van der Waals surface area contributed by atoms with Gasteiger partial charge in [-0.1, -0.05) is 32.1 Å². The minimum Gasteiger partial charge on any atom is -0.357 e. The third-order valence-electron chi connectivity index (χ3n) is 6.84. The molecular formula is C20H24O3. The standard InChI is InChI=1S/C20H24O3/c1-11(2)14-9-17(22)18(5)10-19-13(4)16(21)8-15(19)12(3)6-7-20(14,18)23-19/h6,9,11,15H,4,7-8,10H2,1-3,5H3/t15-,18+,19-,20-/m0/s1. The summed E-state index contributed by atoms with van der Waals surface area (Å²) in [5.41, 5.74) is 0.977. The molecule has 4 rings (SSSR count). The van der Waals surface area contributed by atoms with Crippen molar-refractivity contribution in [3.8, 4) is 0 Å². The maximum atomic E-state index is 12.9. The summed E-state index contributed by atoms with van der Waals surface area (Å²) in [4.78, 5) is 25.3. The molecular weight excluding hydrogens is 288 g/mol. The van der Waals surface area contributed by atoms with Gasteiger partial charge in [-0.25, -0.2) is 0 Å². The van der Waals surface area contributed by atoms with Crippen LogP contribution in [0.2, 0.25) is 0 Å². The zero-order valence-corrected chi connectivity index (χ0v) is 14.4. The monoisotopic (exact) mass is 312 g/mol. The Kier molecular flexibility index (Phi) is 2.71. The Balaban J connectivity index is 1.98. The Morgan fingerprint density at radius 3 is 2.70 bits per heavy atom. The molecule has 0 unspecified atom stereocenters. The second-order valence-electron chi connectivity index (χ2n) is 8.26. The summed E-state index contributed by atoms with van der Waals surface area (Å²) >= 11 is 0. The van der Waals surface area contributed by atoms with E-state index in [9.17, 15) is 9.59 Å². The highest BCUT2D eigenvalue weighted by atomic mass is 16.5. The van der Waals surface area contributed by atoms with Gasteiger partial charge in [-0.2, -0.15) is 0 Å². The van der Waals surface area contributed by atoms with Crippen molar-refractivity contribution in [1.29, 1.82) is 0 Å². The molecule has 2 aliphatic heterocycles. The van der Waals surface area contributed by atoms with Crippen molar-refractivity contribution in [3.05, 3.63) is 35.5 Å². The Bertz CT molecular complexity index is 725. The molecule has 0 amide bonds. The molecule has 2 bridgehead atoms. The maximum Gasteiger partial charge on any atom is 0.164 e. The van der Waals surface area contributed by atoms with Gasteiger partial charge in [0.25, 0.3) is 0 Å². The Morgan fingerprint density at radius 2 is 2.04 bits per heavy atom. The molecule has 0 aromatic rings. The summed E-state index contributed by atoms with van der Waals surface area (Å²) in [5.74, 6) is 0.514. The van der Waals surface area contributed by atoms with Gasteiger partial charge in [-0.3, -0.25) is 9.59 Å². The quantitative estimate of drug-likeness (QED) is 0.549. The molecule has 0 N–H and O–H groups in total. The Labute approximate surface area is 137 Å². The molecule has 4 atom stereocenters. The van der Waals surface area contributed by atoms with Crippen LogP contribution in [0.25, 0.3) is 0 Å². The number of allylic oxidation sites excluding steroid dienone is 1. The van der Waals surface area contributed by atoms with Gasteiger partial charge in [0.05, 0.1) is 5.41 Å². The molecule has 3 heteroatoms. The van der Waals surface area contributed by atoms with E-state index >= 15 is 0 Å². The normalized spacial score (nSPS) is 45.1. The molecule has 23 heavy (non-hydrogen) atoms. The minimum absolute atomic E-state index is 0.0329. The molecule has 0 aromatic heterocycles. The van der Waals surface area contributed by atoms with E-state index in [0.29, 0.717) is 24.8 Å². The average molecular weight is 312 g/mol. The van der Waals surface area contributed by atoms with Crippen molar-refractivity contribution in [2.45, 2.75) is 58.2 Å². The van der Waals surface area contributed by atoms with Gasteiger partial charge in [0, 0.05) is 17.9 Å². The fourth-order valence-electron chi connectivity index (χ4n) is 5.48. The van der Waals surface area contributed by atoms with Crippen LogP contribution < -0.4 is 0 Å². The van der Waals surface area contributed by atoms with Crippen LogP contribution in [0.1, 0.15) is 47.0 Å². The van der Waals surface area contributed by atoms with E-state index in [0.717, 1.165) is 5.57 Å². The average Bonchev–Trinajstić information content (AvgIpc) is 2.92. The third kappa shape index (κ3) is 1.46. The lowest BCUT2D eigenvalue weighted by molar-refractivity contribution is -0.130. The highest BCUT2D eigenvalue weighted by Crippen LogP contribution is 2.68. The maximum absolute atomic E-state index is 12.9. The molecule has 1 saturated carbocycles. The zero-order valence-electron chi connectivity index (χ0n) is 14.4. The van der Waals surface area contributed by atoms with E-state index in [1.54, 1.807) is 6.08 Å². The van der Waals surface area contributed by atoms with Gasteiger partial charge in [-0.15, -0.1) is 0 Å². The smallest absolute Gasteiger partial charge is 0.164 e. The van der Waals surface area contributed by atoms with Gasteiger partial charge in [0.1, 0.15) is 11.2 Å². The SMILES string of the molecule is C=C1C(=O)C[C@H]2C(C)=CC[C@@]34O[C@@]12C[C@]3(C)C(=O)C=C4C(C)C. The number of Topliss-reactive ketones (excluding diaryl/α,β-unsaturated/α-hetero) is 1. The zero-order chi connectivity index (χ0) is 16.8. The van der Waals surface area contributed by atoms with Gasteiger partial charge in [-0.05, 0) is 44.3 Å². The number of ether oxygens (including phenoxy) is 1. The van der Waals surface area contributed by atoms with Gasteiger partial charge < -0.3 is 4.74 Å². The first-order chi connectivity index (χ1) is 10.7. The summed E-state index contributed by atoms with van der Waals surface area (Å²) < 4.78 is 6.78. The fraction of sp³-hybridized carbons (Fsp3) is 0.600. The van der Waals surface area contributed by atoms with E-state index in [1.165, 1.54) is 5.57 Å². The summed E-state index contributed by atoms with van der Waals surface area (Å²) in [5, 5.41) is 0. The molecule has 0 radical (unpaired) electrons. The highest BCUT2D eigenvalue weighted by molar-refractivity contribution is 6.04. The molecule has 2 spiro atoms. The van der Waals surface area contributed by atoms with Crippen LogP contribution in [0.5, 0.6) is 0 Å². The summed E-state index contributed by atoms with van der Waals surface area (Å²) in [6.07, 6.45) is 5.75. The molecule has 2 fully saturated rings. The lowest BCUT2D eigenvalue weighted by Gasteiger charge is -2.39. The summed E-state index contributed by atoms with van der Waals surface area (Å²) in [6.45, 7) is 12.4. The van der Waals surface area contributed by atoms with Crippen LogP contribution in [0.4, 0.5) is 0 Å². The number of carbonyl (C=O) groups is 2. The molecule has 0 aromatic carbocycles. The van der Waals surface area contributed by atoms with E-state index in [1.807, 2.05) is 6.92 Å². The molecule has 122 valence electrons. The van der Waals surface area contributed by atoms with Crippen LogP contribution >= 0.6 is 0 Å². The lowest BCUT2D eigenvalue weighted by Crippen LogP contribution is -2.45. The Hall–Kier alpha value is -1.48. The molecule has 2 heterocycles. The first kappa shape index (κ1) is 15.1. The number of rotatable bonds is 1. The van der Waals surface area contributed by atoms with Crippen LogP contribution in [0, 0.1) is 17.3 Å². The second kappa shape index (κ2) is 4.13. The summed E-state index contributed by atoms with van der Waals surface area (Å²) in [6, 6.07) is 0. The van der Waals surface area contributed by atoms with E-state index in [4.69, 9.17) is 4.74 Å². The van der Waals surface area contributed by atoms with Crippen molar-refractivity contribution in [3.63, 3.8) is 0 Å². The van der Waals surface area contributed by atoms with Crippen LogP contribution in [0.3, 0.4) is 0 Å². The minimum atomic E-state index is -0.688. The van der Waals surface area contributed by atoms with E-state index in [2.05, 4.69) is 33.4 Å². The van der Waals surface area contributed by atoms with Crippen molar-refractivity contribution < 1.29 is 14.3 Å². The lowest BCUT2D eigenvalue weighted by atomic mass is 9.64. The molecule has 2 aliphatic carbocycles. The fourth-order valence-corrected chi connectivity index (χ4v) is 5.48. The van der Waals surface area contributed by atoms with Gasteiger partial charge in [0.15, 0.2) is 11.6 Å². The topological polar surface area (TPSA) is 43.4 Å². The number of hydrogen-bond donors (Lipinski definition) is 0. The van der Waals surface area contributed by atoms with E-state index in [-0.39, 0.29) is 23.4 Å². The van der Waals surface area contributed by atoms with Gasteiger partial charge >= 0.3 is 0 Å². The molecule has 3 nitrogen and oxygen atoms in total. The first-order valence-corrected chi connectivity index (χ1v) is 8.54. The number of ketones is 2. The van der Waals surface area contributed by atoms with Crippen molar-refractivity contribution >= 4 is 11.6 Å². The van der Waals surface area contributed by atoms with Crippen molar-refractivity contribution in [2.75, 3.05) is 0 Å². The molecule has 1 saturated heterocycles. The van der Waals surface area contributed by atoms with Crippen molar-refractivity contribution in [2.24, 2.45) is 17.3 Å². The third-order valence-corrected chi connectivity index (χ3v) is 6.84. The first-order valence-electron chi connectivity index (χ1n) is 8.54. The van der Waals surface area contributed by atoms with Crippen LogP contribution in [-0.2, 0) is 14.3 Å². The highest BCUT2D eigenvalue weighted by Gasteiger charge is 2.73. The summed E-state index contributed by atoms with van der Waals surface area (Å²) in [7, 11) is 0. The Morgan fingerprint density at radius 1 is 1.35 bits per heavy atom. The largest absolute Gasteiger partial charge is 0.357 e.